The molecule has 0 N–H and O–H groups in total. The van der Waals surface area contributed by atoms with E-state index in [1.807, 2.05) is 0 Å². The summed E-state index contributed by atoms with van der Waals surface area (Å²) in [6.07, 6.45) is 3.26. The quantitative estimate of drug-likeness (QED) is 0.693. The van der Waals surface area contributed by atoms with Gasteiger partial charge in [0.05, 0.1) is 0 Å². The smallest absolute Gasteiger partial charge is 0.166 e. The van der Waals surface area contributed by atoms with Gasteiger partial charge in [-0.2, -0.15) is 0 Å². The van der Waals surface area contributed by atoms with Gasteiger partial charge >= 0.3 is 0 Å². The maximum atomic E-state index is 13.4. The van der Waals surface area contributed by atoms with Crippen LogP contribution in [0.2, 0.25) is 0 Å². The van der Waals surface area contributed by atoms with Crippen molar-refractivity contribution in [1.29, 1.82) is 0 Å². The Morgan fingerprint density at radius 1 is 1.13 bits per heavy atom. The van der Waals surface area contributed by atoms with E-state index in [0.717, 1.165) is 6.07 Å². The summed E-state index contributed by atoms with van der Waals surface area (Å²) in [5.41, 5.74) is 0.811. The predicted octanol–water partition coefficient (Wildman–Crippen LogP) is 3.10. The van der Waals surface area contributed by atoms with Gasteiger partial charge in [0.25, 0.3) is 0 Å². The second kappa shape index (κ2) is 3.93. The molecule has 2 rings (SSSR count). The number of allylic oxidation sites excluding steroid dienone is 2. The molecule has 1 aliphatic rings. The highest BCUT2D eigenvalue weighted by atomic mass is 19.2. The fourth-order valence-corrected chi connectivity index (χ4v) is 1.76. The largest absolute Gasteiger partial charge is 0.295 e. The highest BCUT2D eigenvalue weighted by Crippen LogP contribution is 2.27. The van der Waals surface area contributed by atoms with Gasteiger partial charge in [-0.15, -0.1) is 0 Å². The Morgan fingerprint density at radius 2 is 1.93 bits per heavy atom. The zero-order valence-electron chi connectivity index (χ0n) is 8.09. The third kappa shape index (κ3) is 1.96. The summed E-state index contributed by atoms with van der Waals surface area (Å²) in [5, 5.41) is 0. The molecule has 0 fully saturated rings. The molecule has 1 aliphatic carbocycles. The van der Waals surface area contributed by atoms with Crippen molar-refractivity contribution in [3.05, 3.63) is 41.5 Å². The molecule has 1 nitrogen and oxygen atoms in total. The van der Waals surface area contributed by atoms with Crippen LogP contribution < -0.4 is 0 Å². The van der Waals surface area contributed by atoms with Gasteiger partial charge in [0.15, 0.2) is 17.4 Å². The van der Waals surface area contributed by atoms with Gasteiger partial charge in [-0.05, 0) is 30.6 Å². The first-order valence-corrected chi connectivity index (χ1v) is 4.86. The van der Waals surface area contributed by atoms with E-state index in [9.17, 15) is 13.6 Å². The summed E-state index contributed by atoms with van der Waals surface area (Å²) in [6, 6.07) is 4.03. The van der Waals surface area contributed by atoms with Gasteiger partial charge < -0.3 is 0 Å². The summed E-state index contributed by atoms with van der Waals surface area (Å²) < 4.78 is 26.3. The highest BCUT2D eigenvalue weighted by molar-refractivity contribution is 5.98. The van der Waals surface area contributed by atoms with E-state index in [4.69, 9.17) is 0 Å². The van der Waals surface area contributed by atoms with Crippen LogP contribution in [0.1, 0.15) is 24.8 Å². The van der Waals surface area contributed by atoms with Crippen molar-refractivity contribution >= 4 is 11.4 Å². The molecule has 0 spiro atoms. The molecule has 1 aromatic rings. The van der Waals surface area contributed by atoms with Crippen molar-refractivity contribution in [3.8, 4) is 0 Å². The third-order valence-corrected chi connectivity index (χ3v) is 2.50. The topological polar surface area (TPSA) is 17.1 Å². The standard InChI is InChI=1S/C12H10F2O/c13-11-6-2-5-10(12(11)14)8-3-1-4-9(15)7-8/h2,5-7H,1,3-4H2. The van der Waals surface area contributed by atoms with Crippen molar-refractivity contribution in [2.24, 2.45) is 0 Å². The molecule has 0 bridgehead atoms. The maximum absolute atomic E-state index is 13.4. The third-order valence-electron chi connectivity index (χ3n) is 2.50. The average Bonchev–Trinajstić information content (AvgIpc) is 2.22. The van der Waals surface area contributed by atoms with Crippen molar-refractivity contribution in [3.63, 3.8) is 0 Å². The van der Waals surface area contributed by atoms with E-state index in [-0.39, 0.29) is 11.3 Å². The molecule has 0 saturated heterocycles. The molecule has 15 heavy (non-hydrogen) atoms. The van der Waals surface area contributed by atoms with E-state index in [1.54, 1.807) is 0 Å². The fourth-order valence-electron chi connectivity index (χ4n) is 1.76. The first-order valence-electron chi connectivity index (χ1n) is 4.86. The molecule has 0 aliphatic heterocycles. The van der Waals surface area contributed by atoms with Crippen molar-refractivity contribution in [2.45, 2.75) is 19.3 Å². The monoisotopic (exact) mass is 208 g/mol. The molecule has 0 saturated carbocycles. The molecule has 78 valence electrons. The molecule has 0 aromatic heterocycles. The molecule has 0 heterocycles. The van der Waals surface area contributed by atoms with Crippen molar-refractivity contribution in [1.82, 2.24) is 0 Å². The number of hydrogen-bond donors (Lipinski definition) is 0. The molecular weight excluding hydrogens is 198 g/mol. The van der Waals surface area contributed by atoms with E-state index in [0.29, 0.717) is 24.8 Å². The number of benzene rings is 1. The first-order chi connectivity index (χ1) is 7.18. The number of carbonyl (C=O) groups excluding carboxylic acids is 1. The Morgan fingerprint density at radius 3 is 2.67 bits per heavy atom. The minimum absolute atomic E-state index is 0.0140. The van der Waals surface area contributed by atoms with Crippen molar-refractivity contribution in [2.75, 3.05) is 0 Å². The number of hydrogen-bond acceptors (Lipinski definition) is 1. The Hall–Kier alpha value is -1.51. The summed E-state index contributed by atoms with van der Waals surface area (Å²) in [4.78, 5) is 11.2. The van der Waals surface area contributed by atoms with Gasteiger partial charge in [0.1, 0.15) is 0 Å². The molecule has 0 unspecified atom stereocenters. The van der Waals surface area contributed by atoms with E-state index >= 15 is 0 Å². The SMILES string of the molecule is O=C1C=C(c2cccc(F)c2F)CCC1. The lowest BCUT2D eigenvalue weighted by Crippen LogP contribution is -2.04. The summed E-state index contributed by atoms with van der Waals surface area (Å²) >= 11 is 0. The first kappa shape index (κ1) is 10.0. The number of halogens is 2. The van der Waals surface area contributed by atoms with Crippen LogP contribution in [0.25, 0.3) is 5.57 Å². The highest BCUT2D eigenvalue weighted by Gasteiger charge is 2.16. The van der Waals surface area contributed by atoms with Crippen LogP contribution >= 0.6 is 0 Å². The molecule has 0 atom stereocenters. The molecule has 0 radical (unpaired) electrons. The summed E-state index contributed by atoms with van der Waals surface area (Å²) in [7, 11) is 0. The molecular formula is C12H10F2O. The second-order valence-corrected chi connectivity index (χ2v) is 3.59. The Bertz CT molecular complexity index is 435. The minimum atomic E-state index is -0.869. The molecule has 3 heteroatoms. The van der Waals surface area contributed by atoms with Crippen LogP contribution in [-0.4, -0.2) is 5.78 Å². The minimum Gasteiger partial charge on any atom is -0.295 e. The molecule has 1 aromatic carbocycles. The zero-order valence-corrected chi connectivity index (χ0v) is 8.09. The Labute approximate surface area is 86.4 Å². The Balaban J connectivity index is 2.45. The lowest BCUT2D eigenvalue weighted by molar-refractivity contribution is -0.114. The summed E-state index contributed by atoms with van der Waals surface area (Å²) in [6.45, 7) is 0. The van der Waals surface area contributed by atoms with E-state index < -0.39 is 11.6 Å². The van der Waals surface area contributed by atoms with Gasteiger partial charge in [-0.25, -0.2) is 8.78 Å². The normalized spacial score (nSPS) is 16.4. The van der Waals surface area contributed by atoms with Crippen LogP contribution in [0.5, 0.6) is 0 Å². The lowest BCUT2D eigenvalue weighted by Gasteiger charge is -2.12. The van der Waals surface area contributed by atoms with Gasteiger partial charge in [-0.3, -0.25) is 4.79 Å². The second-order valence-electron chi connectivity index (χ2n) is 3.59. The van der Waals surface area contributed by atoms with Gasteiger partial charge in [0.2, 0.25) is 0 Å². The van der Waals surface area contributed by atoms with Crippen LogP contribution in [0, 0.1) is 11.6 Å². The summed E-state index contributed by atoms with van der Waals surface area (Å²) in [5.74, 6) is -1.75. The average molecular weight is 208 g/mol. The number of carbonyl (C=O) groups is 1. The Kier molecular flexibility index (Phi) is 2.62. The lowest BCUT2D eigenvalue weighted by atomic mass is 9.93. The fraction of sp³-hybridized carbons (Fsp3) is 0.250. The van der Waals surface area contributed by atoms with Crippen LogP contribution in [0.15, 0.2) is 24.3 Å². The van der Waals surface area contributed by atoms with Gasteiger partial charge in [0, 0.05) is 12.0 Å². The van der Waals surface area contributed by atoms with Crippen molar-refractivity contribution < 1.29 is 13.6 Å². The van der Waals surface area contributed by atoms with Crippen LogP contribution in [0.3, 0.4) is 0 Å². The number of rotatable bonds is 1. The van der Waals surface area contributed by atoms with Gasteiger partial charge in [-0.1, -0.05) is 12.1 Å². The van der Waals surface area contributed by atoms with Crippen LogP contribution in [-0.2, 0) is 4.79 Å². The van der Waals surface area contributed by atoms with E-state index in [1.165, 1.54) is 18.2 Å². The maximum Gasteiger partial charge on any atom is 0.166 e. The van der Waals surface area contributed by atoms with E-state index in [2.05, 4.69) is 0 Å². The zero-order chi connectivity index (χ0) is 10.8. The molecule has 0 amide bonds. The van der Waals surface area contributed by atoms with Crippen LogP contribution in [0.4, 0.5) is 8.78 Å². The number of ketones is 1. The predicted molar refractivity (Wildman–Crippen MR) is 53.2 cm³/mol.